The normalized spacial score (nSPS) is 11.3. The number of alkyl halides is 3. The van der Waals surface area contributed by atoms with Gasteiger partial charge in [-0.1, -0.05) is 12.1 Å². The van der Waals surface area contributed by atoms with E-state index in [0.717, 1.165) is 12.1 Å². The number of nitrogens with one attached hydrogen (secondary N) is 3. The molecule has 0 spiro atoms. The van der Waals surface area contributed by atoms with Crippen molar-refractivity contribution in [2.24, 2.45) is 0 Å². The highest BCUT2D eigenvalue weighted by atomic mass is 19.4. The van der Waals surface area contributed by atoms with Gasteiger partial charge in [0.1, 0.15) is 23.7 Å². The summed E-state index contributed by atoms with van der Waals surface area (Å²) in [6.07, 6.45) is -3.45. The molecule has 0 bridgehead atoms. The summed E-state index contributed by atoms with van der Waals surface area (Å²) in [7, 11) is -2.02. The minimum absolute atomic E-state index is 0.0950. The first-order valence-corrected chi connectivity index (χ1v) is 18.7. The van der Waals surface area contributed by atoms with Gasteiger partial charge < -0.3 is 59.2 Å². The Balaban J connectivity index is 0.933. The zero-order chi connectivity index (χ0) is 43.0. The molecule has 2 amide bonds. The van der Waals surface area contributed by atoms with Crippen molar-refractivity contribution in [2.45, 2.75) is 6.36 Å². The molecule has 21 heteroatoms. The molecule has 60 heavy (non-hydrogen) atoms. The summed E-state index contributed by atoms with van der Waals surface area (Å²) in [4.78, 5) is 33.3. The molecular formula is C39H46BF4N5O11. The molecule has 4 rings (SSSR count). The van der Waals surface area contributed by atoms with Gasteiger partial charge in [-0.2, -0.15) is 0 Å². The van der Waals surface area contributed by atoms with Gasteiger partial charge >= 0.3 is 13.5 Å². The van der Waals surface area contributed by atoms with E-state index >= 15 is 0 Å². The van der Waals surface area contributed by atoms with Crippen molar-refractivity contribution in [3.8, 4) is 17.0 Å². The lowest BCUT2D eigenvalue weighted by atomic mass is 9.79. The number of hydrogen-bond donors (Lipinski definition) is 5. The van der Waals surface area contributed by atoms with Crippen LogP contribution in [-0.2, 0) is 28.4 Å². The van der Waals surface area contributed by atoms with Gasteiger partial charge in [-0.15, -0.1) is 13.2 Å². The third-order valence-corrected chi connectivity index (χ3v) is 7.91. The molecule has 16 nitrogen and oxygen atoms in total. The zero-order valence-corrected chi connectivity index (χ0v) is 32.5. The van der Waals surface area contributed by atoms with E-state index in [2.05, 4.69) is 30.7 Å². The van der Waals surface area contributed by atoms with Crippen LogP contribution in [0.3, 0.4) is 0 Å². The number of amides is 2. The minimum Gasteiger partial charge on any atom is -0.423 e. The number of hydrogen-bond acceptors (Lipinski definition) is 14. The van der Waals surface area contributed by atoms with Crippen LogP contribution in [0.2, 0.25) is 0 Å². The maximum Gasteiger partial charge on any atom is 0.573 e. The second-order valence-corrected chi connectivity index (χ2v) is 12.4. The van der Waals surface area contributed by atoms with Crippen molar-refractivity contribution in [1.82, 2.24) is 20.6 Å². The fourth-order valence-corrected chi connectivity index (χ4v) is 5.05. The van der Waals surface area contributed by atoms with Crippen molar-refractivity contribution in [2.75, 3.05) is 97.7 Å². The minimum atomic E-state index is -4.78. The fourth-order valence-electron chi connectivity index (χ4n) is 5.05. The van der Waals surface area contributed by atoms with Crippen LogP contribution in [-0.4, -0.2) is 138 Å². The number of ether oxygens (including phenoxy) is 7. The summed E-state index contributed by atoms with van der Waals surface area (Å²) in [5, 5.41) is 26.7. The molecule has 5 N–H and O–H groups in total. The fraction of sp³-hybridized carbons (Fsp3) is 0.385. The Labute approximate surface area is 343 Å². The Bertz CT molecular complexity index is 1900. The third kappa shape index (κ3) is 18.3. The maximum atomic E-state index is 13.5. The van der Waals surface area contributed by atoms with Gasteiger partial charge in [0.05, 0.1) is 85.0 Å². The highest BCUT2D eigenvalue weighted by molar-refractivity contribution is 6.58. The summed E-state index contributed by atoms with van der Waals surface area (Å²) in [6, 6.07) is 17.0. The van der Waals surface area contributed by atoms with Gasteiger partial charge in [0.15, 0.2) is 0 Å². The second kappa shape index (κ2) is 26.1. The maximum absolute atomic E-state index is 13.5. The van der Waals surface area contributed by atoms with E-state index in [-0.39, 0.29) is 49.0 Å². The predicted octanol–water partition coefficient (Wildman–Crippen LogP) is 2.86. The summed E-state index contributed by atoms with van der Waals surface area (Å²) in [6.45, 7) is 4.61. The summed E-state index contributed by atoms with van der Waals surface area (Å²) >= 11 is 0. The number of carbonyl (C=O) groups is 2. The number of anilines is 2. The average molecular weight is 848 g/mol. The van der Waals surface area contributed by atoms with Gasteiger partial charge in [0.2, 0.25) is 0 Å². The predicted molar refractivity (Wildman–Crippen MR) is 210 cm³/mol. The largest absolute Gasteiger partial charge is 0.573 e. The van der Waals surface area contributed by atoms with Crippen molar-refractivity contribution in [3.05, 3.63) is 96.1 Å². The van der Waals surface area contributed by atoms with Crippen LogP contribution in [0.5, 0.6) is 5.75 Å². The first-order chi connectivity index (χ1) is 29.0. The highest BCUT2D eigenvalue weighted by Crippen LogP contribution is 2.26. The molecule has 4 aromatic rings. The van der Waals surface area contributed by atoms with Crippen LogP contribution in [0.25, 0.3) is 11.3 Å². The van der Waals surface area contributed by atoms with Crippen molar-refractivity contribution in [1.29, 1.82) is 0 Å². The SMILES string of the molecule is O=C(NCCOCCOCCOCCOCCOCCOCCNC(=O)c1ccc(F)c(B(O)O)c1)c1cccc(-c2cc(Nc3ccc(OC(F)(F)F)cc3)ncn2)c1. The number of halogens is 4. The summed E-state index contributed by atoms with van der Waals surface area (Å²) < 4.78 is 87.5. The molecule has 1 heterocycles. The van der Waals surface area contributed by atoms with Gasteiger partial charge in [0.25, 0.3) is 11.8 Å². The van der Waals surface area contributed by atoms with Crippen LogP contribution < -0.4 is 26.2 Å². The van der Waals surface area contributed by atoms with Gasteiger partial charge in [-0.25, -0.2) is 14.4 Å². The number of carbonyl (C=O) groups excluding carboxylic acids is 2. The van der Waals surface area contributed by atoms with Crippen molar-refractivity contribution in [3.63, 3.8) is 0 Å². The van der Waals surface area contributed by atoms with Crippen LogP contribution >= 0.6 is 0 Å². The van der Waals surface area contributed by atoms with E-state index in [0.29, 0.717) is 94.4 Å². The molecule has 324 valence electrons. The third-order valence-electron chi connectivity index (χ3n) is 7.91. The van der Waals surface area contributed by atoms with Crippen LogP contribution in [0.4, 0.5) is 29.1 Å². The smallest absolute Gasteiger partial charge is 0.423 e. The summed E-state index contributed by atoms with van der Waals surface area (Å²) in [5.41, 5.74) is 1.80. The van der Waals surface area contributed by atoms with E-state index in [4.69, 9.17) is 38.5 Å². The lowest BCUT2D eigenvalue weighted by Gasteiger charge is -2.11. The number of rotatable bonds is 28. The second-order valence-electron chi connectivity index (χ2n) is 12.4. The van der Waals surface area contributed by atoms with E-state index in [1.807, 2.05) is 0 Å². The molecule has 0 saturated heterocycles. The monoisotopic (exact) mass is 847 g/mol. The lowest BCUT2D eigenvalue weighted by Crippen LogP contribution is -2.35. The molecule has 0 saturated carbocycles. The Morgan fingerprint density at radius 3 is 1.67 bits per heavy atom. The van der Waals surface area contributed by atoms with Gasteiger partial charge in [-0.3, -0.25) is 9.59 Å². The van der Waals surface area contributed by atoms with E-state index in [9.17, 15) is 27.2 Å². The molecule has 0 unspecified atom stereocenters. The van der Waals surface area contributed by atoms with Crippen LogP contribution in [0.15, 0.2) is 79.1 Å². The highest BCUT2D eigenvalue weighted by Gasteiger charge is 2.31. The van der Waals surface area contributed by atoms with Gasteiger partial charge in [0, 0.05) is 47.0 Å². The number of aromatic nitrogens is 2. The molecule has 3 aromatic carbocycles. The Morgan fingerprint density at radius 1 is 0.633 bits per heavy atom. The Morgan fingerprint density at radius 2 is 1.15 bits per heavy atom. The topological polar surface area (TPSA) is 201 Å². The zero-order valence-electron chi connectivity index (χ0n) is 32.5. The van der Waals surface area contributed by atoms with Crippen LogP contribution in [0.1, 0.15) is 20.7 Å². The lowest BCUT2D eigenvalue weighted by molar-refractivity contribution is -0.274. The van der Waals surface area contributed by atoms with Gasteiger partial charge in [-0.05, 0) is 54.6 Å². The molecule has 0 fully saturated rings. The average Bonchev–Trinajstić information content (AvgIpc) is 3.23. The molecule has 1 aromatic heterocycles. The van der Waals surface area contributed by atoms with Crippen molar-refractivity contribution >= 4 is 35.9 Å². The molecule has 0 aliphatic rings. The van der Waals surface area contributed by atoms with E-state index in [1.54, 1.807) is 30.3 Å². The first-order valence-electron chi connectivity index (χ1n) is 18.7. The Kier molecular flexibility index (Phi) is 20.6. The van der Waals surface area contributed by atoms with E-state index < -0.39 is 25.2 Å². The van der Waals surface area contributed by atoms with E-state index in [1.165, 1.54) is 36.7 Å². The molecule has 0 aliphatic heterocycles. The quantitative estimate of drug-likeness (QED) is 0.0318. The summed E-state index contributed by atoms with van der Waals surface area (Å²) in [5.74, 6) is -1.56. The number of benzene rings is 3. The number of nitrogens with zero attached hydrogens (tertiary/aromatic N) is 2. The van der Waals surface area contributed by atoms with Crippen LogP contribution in [0, 0.1) is 5.82 Å². The Hall–Kier alpha value is -5.26. The standard InChI is InChI=1S/C39H46BF4N5O11/c41-34-9-4-30(25-33(34)40(52)53)38(51)46-11-13-55-15-17-57-19-21-59-23-22-58-20-18-56-16-14-54-12-10-45-37(50)29-3-1-2-28(24-29)35-26-36(48-27-47-35)49-31-5-7-32(8-6-31)60-39(42,43)44/h1-9,24-27,52-53H,10-23H2,(H,45,50)(H,46,51)(H,47,48,49). The molecular weight excluding hydrogens is 801 g/mol. The first kappa shape index (κ1) is 47.4. The molecule has 0 aliphatic carbocycles. The van der Waals surface area contributed by atoms with Crippen molar-refractivity contribution < 1.29 is 70.4 Å². The molecule has 0 radical (unpaired) electrons. The molecule has 0 atom stereocenters.